The van der Waals surface area contributed by atoms with Crippen LogP contribution in [-0.4, -0.2) is 40.5 Å². The summed E-state index contributed by atoms with van der Waals surface area (Å²) in [5.41, 5.74) is 3.30. The maximum Gasteiger partial charge on any atom is 0.256 e. The van der Waals surface area contributed by atoms with E-state index in [0.29, 0.717) is 13.0 Å². The second kappa shape index (κ2) is 5.49. The summed E-state index contributed by atoms with van der Waals surface area (Å²) < 4.78 is 14.1. The third-order valence-corrected chi connectivity index (χ3v) is 4.01. The van der Waals surface area contributed by atoms with Gasteiger partial charge in [0.2, 0.25) is 0 Å². The van der Waals surface area contributed by atoms with E-state index in [1.807, 2.05) is 0 Å². The van der Waals surface area contributed by atoms with Gasteiger partial charge in [-0.3, -0.25) is 9.59 Å². The highest BCUT2D eigenvalue weighted by molar-refractivity contribution is 9.10. The molecule has 1 aliphatic heterocycles. The normalized spacial score (nSPS) is 22.6. The van der Waals surface area contributed by atoms with Crippen molar-refractivity contribution in [2.45, 2.75) is 18.4 Å². The lowest BCUT2D eigenvalue weighted by Crippen LogP contribution is -2.57. The second-order valence-corrected chi connectivity index (χ2v) is 5.68. The Balaban J connectivity index is 2.25. The van der Waals surface area contributed by atoms with Crippen molar-refractivity contribution >= 4 is 27.7 Å². The van der Waals surface area contributed by atoms with Crippen molar-refractivity contribution in [2.75, 3.05) is 13.1 Å². The third kappa shape index (κ3) is 2.69. The minimum absolute atomic E-state index is 0.104. The SMILES string of the molecule is NC(=O)C1(O)CCCN(C(=O)c2cccc(Br)c2F)C1. The Labute approximate surface area is 123 Å². The van der Waals surface area contributed by atoms with Crippen molar-refractivity contribution in [3.63, 3.8) is 0 Å². The number of carbonyl (C=O) groups excluding carboxylic acids is 2. The van der Waals surface area contributed by atoms with E-state index in [2.05, 4.69) is 15.9 Å². The Bertz CT molecular complexity index is 567. The van der Waals surface area contributed by atoms with Gasteiger partial charge < -0.3 is 15.7 Å². The van der Waals surface area contributed by atoms with Crippen LogP contribution >= 0.6 is 15.9 Å². The number of rotatable bonds is 2. The summed E-state index contributed by atoms with van der Waals surface area (Å²) in [5, 5.41) is 10.1. The number of primary amides is 1. The van der Waals surface area contributed by atoms with Crippen LogP contribution in [0.5, 0.6) is 0 Å². The third-order valence-electron chi connectivity index (χ3n) is 3.40. The Kier molecular flexibility index (Phi) is 4.10. The molecule has 5 nitrogen and oxygen atoms in total. The molecular formula is C13H14BrFN2O3. The van der Waals surface area contributed by atoms with Gasteiger partial charge in [-0.05, 0) is 40.9 Å². The zero-order valence-electron chi connectivity index (χ0n) is 10.6. The van der Waals surface area contributed by atoms with Gasteiger partial charge in [0.1, 0.15) is 5.82 Å². The molecule has 0 aromatic heterocycles. The van der Waals surface area contributed by atoms with Crippen molar-refractivity contribution in [3.05, 3.63) is 34.1 Å². The zero-order valence-corrected chi connectivity index (χ0v) is 12.2. The lowest BCUT2D eigenvalue weighted by atomic mass is 9.92. The van der Waals surface area contributed by atoms with E-state index in [1.165, 1.54) is 17.0 Å². The molecule has 1 fully saturated rings. The molecule has 1 saturated heterocycles. The number of piperidine rings is 1. The van der Waals surface area contributed by atoms with Crippen molar-refractivity contribution < 1.29 is 19.1 Å². The fourth-order valence-corrected chi connectivity index (χ4v) is 2.62. The van der Waals surface area contributed by atoms with Crippen molar-refractivity contribution in [1.82, 2.24) is 4.90 Å². The molecule has 2 amide bonds. The summed E-state index contributed by atoms with van der Waals surface area (Å²) in [4.78, 5) is 24.8. The van der Waals surface area contributed by atoms with Crippen LogP contribution in [0.15, 0.2) is 22.7 Å². The van der Waals surface area contributed by atoms with E-state index < -0.39 is 23.2 Å². The molecule has 0 radical (unpaired) electrons. The maximum absolute atomic E-state index is 13.9. The fourth-order valence-electron chi connectivity index (χ4n) is 2.25. The van der Waals surface area contributed by atoms with Gasteiger partial charge in [0.15, 0.2) is 5.60 Å². The van der Waals surface area contributed by atoms with Crippen LogP contribution in [0, 0.1) is 5.82 Å². The number of nitrogens with two attached hydrogens (primary N) is 1. The number of hydrogen-bond acceptors (Lipinski definition) is 3. The first-order valence-corrected chi connectivity index (χ1v) is 6.90. The molecule has 0 spiro atoms. The van der Waals surface area contributed by atoms with E-state index in [9.17, 15) is 19.1 Å². The number of halogens is 2. The summed E-state index contributed by atoms with van der Waals surface area (Å²) >= 11 is 3.01. The topological polar surface area (TPSA) is 83.6 Å². The van der Waals surface area contributed by atoms with Gasteiger partial charge in [0.05, 0.1) is 16.6 Å². The summed E-state index contributed by atoms with van der Waals surface area (Å²) in [7, 11) is 0. The Morgan fingerprint density at radius 3 is 2.80 bits per heavy atom. The number of nitrogens with zero attached hydrogens (tertiary/aromatic N) is 1. The molecule has 0 saturated carbocycles. The van der Waals surface area contributed by atoms with Gasteiger partial charge in [0, 0.05) is 6.54 Å². The predicted octanol–water partition coefficient (Wildman–Crippen LogP) is 1.04. The van der Waals surface area contributed by atoms with Gasteiger partial charge in [-0.25, -0.2) is 4.39 Å². The summed E-state index contributed by atoms with van der Waals surface area (Å²) in [6, 6.07) is 4.40. The van der Waals surface area contributed by atoms with Crippen molar-refractivity contribution in [2.24, 2.45) is 5.73 Å². The predicted molar refractivity (Wildman–Crippen MR) is 73.4 cm³/mol. The van der Waals surface area contributed by atoms with Crippen molar-refractivity contribution in [1.29, 1.82) is 0 Å². The summed E-state index contributed by atoms with van der Waals surface area (Å²) in [6.07, 6.45) is 0.633. The Morgan fingerprint density at radius 2 is 2.15 bits per heavy atom. The number of aliphatic hydroxyl groups is 1. The molecular weight excluding hydrogens is 331 g/mol. The number of β-amino-alcohol motifs (C(OH)–C–C–N with tert-alkyl or cyclic N) is 1. The van der Waals surface area contributed by atoms with E-state index in [1.54, 1.807) is 6.07 Å². The highest BCUT2D eigenvalue weighted by atomic mass is 79.9. The Hall–Kier alpha value is -1.47. The minimum atomic E-state index is -1.74. The minimum Gasteiger partial charge on any atom is -0.378 e. The second-order valence-electron chi connectivity index (χ2n) is 4.83. The molecule has 7 heteroatoms. The summed E-state index contributed by atoms with van der Waals surface area (Å²) in [6.45, 7) is 0.132. The Morgan fingerprint density at radius 1 is 1.45 bits per heavy atom. The van der Waals surface area contributed by atoms with E-state index in [0.717, 1.165) is 0 Å². The van der Waals surface area contributed by atoms with Crippen molar-refractivity contribution in [3.8, 4) is 0 Å². The lowest BCUT2D eigenvalue weighted by Gasteiger charge is -2.37. The van der Waals surface area contributed by atoms with Crippen LogP contribution in [0.4, 0.5) is 4.39 Å². The van der Waals surface area contributed by atoms with Crippen LogP contribution < -0.4 is 5.73 Å². The molecule has 20 heavy (non-hydrogen) atoms. The molecule has 1 heterocycles. The maximum atomic E-state index is 13.9. The molecule has 0 aliphatic carbocycles. The standard InChI is InChI=1S/C13H14BrFN2O3/c14-9-4-1-3-8(10(9)15)11(18)17-6-2-5-13(20,7-17)12(16)19/h1,3-4,20H,2,5-7H2,(H2,16,19). The average Bonchev–Trinajstić information content (AvgIpc) is 2.41. The lowest BCUT2D eigenvalue weighted by molar-refractivity contribution is -0.140. The largest absolute Gasteiger partial charge is 0.378 e. The van der Waals surface area contributed by atoms with Crippen LogP contribution in [-0.2, 0) is 4.79 Å². The monoisotopic (exact) mass is 344 g/mol. The van der Waals surface area contributed by atoms with E-state index in [-0.39, 0.29) is 23.0 Å². The highest BCUT2D eigenvalue weighted by Crippen LogP contribution is 2.25. The number of hydrogen-bond donors (Lipinski definition) is 2. The molecule has 3 N–H and O–H groups in total. The van der Waals surface area contributed by atoms with Crippen LogP contribution in [0.1, 0.15) is 23.2 Å². The molecule has 1 unspecified atom stereocenters. The molecule has 1 aliphatic rings. The molecule has 1 aromatic rings. The number of benzene rings is 1. The fraction of sp³-hybridized carbons (Fsp3) is 0.385. The number of carbonyl (C=O) groups is 2. The zero-order chi connectivity index (χ0) is 14.9. The van der Waals surface area contributed by atoms with Gasteiger partial charge in [0.25, 0.3) is 11.8 Å². The number of likely N-dealkylation sites (tertiary alicyclic amines) is 1. The first-order chi connectivity index (χ1) is 9.35. The van der Waals surface area contributed by atoms with Gasteiger partial charge >= 0.3 is 0 Å². The quantitative estimate of drug-likeness (QED) is 0.840. The first kappa shape index (κ1) is 14.9. The molecule has 1 atom stereocenters. The van der Waals surface area contributed by atoms with Gasteiger partial charge in [-0.1, -0.05) is 6.07 Å². The average molecular weight is 345 g/mol. The van der Waals surface area contributed by atoms with E-state index in [4.69, 9.17) is 5.73 Å². The first-order valence-electron chi connectivity index (χ1n) is 6.11. The molecule has 1 aromatic carbocycles. The molecule has 2 rings (SSSR count). The van der Waals surface area contributed by atoms with Crippen LogP contribution in [0.2, 0.25) is 0 Å². The van der Waals surface area contributed by atoms with Crippen LogP contribution in [0.3, 0.4) is 0 Å². The summed E-state index contributed by atoms with van der Waals surface area (Å²) in [5.74, 6) is -2.10. The van der Waals surface area contributed by atoms with Gasteiger partial charge in [-0.15, -0.1) is 0 Å². The van der Waals surface area contributed by atoms with Crippen LogP contribution in [0.25, 0.3) is 0 Å². The number of amides is 2. The molecule has 0 bridgehead atoms. The molecule has 108 valence electrons. The smallest absolute Gasteiger partial charge is 0.256 e. The highest BCUT2D eigenvalue weighted by Gasteiger charge is 2.40. The van der Waals surface area contributed by atoms with Gasteiger partial charge in [-0.2, -0.15) is 0 Å². The van der Waals surface area contributed by atoms with E-state index >= 15 is 0 Å².